The number of nitrogens with two attached hydrogens (primary N) is 1. The maximum atomic E-state index is 9.72. The first kappa shape index (κ1) is 12.9. The standard InChI is InChI=1S/C14H27N3O/c15-14(11-4-5-11)13(10-18)17-8-2-7-16-6-1-3-12(16)9-17/h11-14,18H,1-10,15H2. The fourth-order valence-electron chi connectivity index (χ4n) is 3.81. The lowest BCUT2D eigenvalue weighted by molar-refractivity contribution is 0.0910. The fraction of sp³-hybridized carbons (Fsp3) is 1.00. The molecule has 3 atom stereocenters. The Kier molecular flexibility index (Phi) is 3.89. The number of hydrogen-bond acceptors (Lipinski definition) is 4. The van der Waals surface area contributed by atoms with Gasteiger partial charge in [0.1, 0.15) is 0 Å². The van der Waals surface area contributed by atoms with Gasteiger partial charge in [-0.25, -0.2) is 0 Å². The molecule has 4 heteroatoms. The zero-order valence-corrected chi connectivity index (χ0v) is 11.3. The van der Waals surface area contributed by atoms with Crippen molar-refractivity contribution in [1.82, 2.24) is 9.80 Å². The van der Waals surface area contributed by atoms with Gasteiger partial charge in [-0.05, 0) is 57.7 Å². The van der Waals surface area contributed by atoms with E-state index in [0.29, 0.717) is 12.0 Å². The molecule has 3 fully saturated rings. The number of hydrogen-bond donors (Lipinski definition) is 2. The van der Waals surface area contributed by atoms with E-state index >= 15 is 0 Å². The van der Waals surface area contributed by atoms with E-state index in [0.717, 1.165) is 13.1 Å². The lowest BCUT2D eigenvalue weighted by atomic mass is 10.0. The Bertz CT molecular complexity index is 282. The molecule has 3 rings (SSSR count). The molecule has 3 unspecified atom stereocenters. The van der Waals surface area contributed by atoms with Crippen molar-refractivity contribution in [2.75, 3.05) is 32.8 Å². The van der Waals surface area contributed by atoms with Gasteiger partial charge in [0.15, 0.2) is 0 Å². The molecule has 0 amide bonds. The number of fused-ring (bicyclic) bond motifs is 1. The third-order valence-corrected chi connectivity index (χ3v) is 5.10. The molecular weight excluding hydrogens is 226 g/mol. The van der Waals surface area contributed by atoms with E-state index in [9.17, 15) is 5.11 Å². The molecule has 1 saturated carbocycles. The maximum Gasteiger partial charge on any atom is 0.0602 e. The van der Waals surface area contributed by atoms with E-state index in [1.807, 2.05) is 0 Å². The predicted octanol–water partition coefficient (Wildman–Crippen LogP) is 0.255. The van der Waals surface area contributed by atoms with Crippen molar-refractivity contribution in [2.45, 2.75) is 50.2 Å². The number of nitrogens with zero attached hydrogens (tertiary/aromatic N) is 2. The zero-order valence-electron chi connectivity index (χ0n) is 11.3. The molecule has 0 bridgehead atoms. The van der Waals surface area contributed by atoms with Crippen LogP contribution in [0.1, 0.15) is 32.1 Å². The molecule has 3 aliphatic rings. The van der Waals surface area contributed by atoms with Crippen molar-refractivity contribution in [3.8, 4) is 0 Å². The van der Waals surface area contributed by atoms with Gasteiger partial charge in [0.2, 0.25) is 0 Å². The SMILES string of the molecule is NC(C1CC1)C(CO)N1CCCN2CCCC2C1. The summed E-state index contributed by atoms with van der Waals surface area (Å²) in [7, 11) is 0. The quantitative estimate of drug-likeness (QED) is 0.754. The second kappa shape index (κ2) is 5.45. The Morgan fingerprint density at radius 2 is 1.89 bits per heavy atom. The van der Waals surface area contributed by atoms with Crippen molar-refractivity contribution in [2.24, 2.45) is 11.7 Å². The Balaban J connectivity index is 1.65. The average molecular weight is 253 g/mol. The minimum Gasteiger partial charge on any atom is -0.395 e. The van der Waals surface area contributed by atoms with Crippen LogP contribution < -0.4 is 5.73 Å². The smallest absolute Gasteiger partial charge is 0.0602 e. The monoisotopic (exact) mass is 253 g/mol. The predicted molar refractivity (Wildman–Crippen MR) is 72.4 cm³/mol. The van der Waals surface area contributed by atoms with Crippen LogP contribution in [0, 0.1) is 5.92 Å². The summed E-state index contributed by atoms with van der Waals surface area (Å²) in [5.41, 5.74) is 6.34. The van der Waals surface area contributed by atoms with E-state index in [-0.39, 0.29) is 18.7 Å². The second-order valence-corrected chi connectivity index (χ2v) is 6.35. The highest BCUT2D eigenvalue weighted by Gasteiger charge is 2.38. The van der Waals surface area contributed by atoms with Gasteiger partial charge in [-0.15, -0.1) is 0 Å². The summed E-state index contributed by atoms with van der Waals surface area (Å²) in [6.45, 7) is 4.96. The minimum atomic E-state index is 0.183. The Labute approximate surface area is 110 Å². The lowest BCUT2D eigenvalue weighted by Crippen LogP contribution is -2.53. The molecule has 2 aliphatic heterocycles. The second-order valence-electron chi connectivity index (χ2n) is 6.35. The first-order valence-electron chi connectivity index (χ1n) is 7.64. The number of rotatable bonds is 4. The van der Waals surface area contributed by atoms with Gasteiger partial charge in [0.05, 0.1) is 6.61 Å². The third-order valence-electron chi connectivity index (χ3n) is 5.10. The van der Waals surface area contributed by atoms with E-state index in [1.54, 1.807) is 0 Å². The highest BCUT2D eigenvalue weighted by atomic mass is 16.3. The molecule has 4 nitrogen and oxygen atoms in total. The van der Waals surface area contributed by atoms with Crippen LogP contribution in [0.15, 0.2) is 0 Å². The van der Waals surface area contributed by atoms with Gasteiger partial charge in [-0.2, -0.15) is 0 Å². The molecule has 0 aromatic rings. The summed E-state index contributed by atoms with van der Waals surface area (Å²) in [5, 5.41) is 9.72. The first-order chi connectivity index (χ1) is 8.79. The molecule has 2 saturated heterocycles. The van der Waals surface area contributed by atoms with Gasteiger partial charge in [0, 0.05) is 24.7 Å². The Hall–Kier alpha value is -0.160. The van der Waals surface area contributed by atoms with Crippen molar-refractivity contribution in [3.63, 3.8) is 0 Å². The first-order valence-corrected chi connectivity index (χ1v) is 7.64. The molecule has 0 radical (unpaired) electrons. The minimum absolute atomic E-state index is 0.183. The molecule has 104 valence electrons. The molecule has 2 heterocycles. The summed E-state index contributed by atoms with van der Waals surface area (Å²) in [4.78, 5) is 5.12. The van der Waals surface area contributed by atoms with Crippen LogP contribution in [0.4, 0.5) is 0 Å². The molecule has 18 heavy (non-hydrogen) atoms. The summed E-state index contributed by atoms with van der Waals surface area (Å²) < 4.78 is 0. The van der Waals surface area contributed by atoms with E-state index in [2.05, 4.69) is 9.80 Å². The zero-order chi connectivity index (χ0) is 12.5. The van der Waals surface area contributed by atoms with Crippen LogP contribution in [0.3, 0.4) is 0 Å². The summed E-state index contributed by atoms with van der Waals surface area (Å²) in [6, 6.07) is 1.09. The highest BCUT2D eigenvalue weighted by Crippen LogP contribution is 2.34. The van der Waals surface area contributed by atoms with Crippen molar-refractivity contribution in [3.05, 3.63) is 0 Å². The lowest BCUT2D eigenvalue weighted by Gasteiger charge is -2.35. The normalized spacial score (nSPS) is 34.0. The maximum absolute atomic E-state index is 9.72. The fourth-order valence-corrected chi connectivity index (χ4v) is 3.81. The summed E-state index contributed by atoms with van der Waals surface area (Å²) in [5.74, 6) is 0.671. The van der Waals surface area contributed by atoms with Gasteiger partial charge in [0.25, 0.3) is 0 Å². The Morgan fingerprint density at radius 3 is 2.61 bits per heavy atom. The van der Waals surface area contributed by atoms with Crippen molar-refractivity contribution >= 4 is 0 Å². The molecular formula is C14H27N3O. The molecule has 1 aliphatic carbocycles. The molecule has 0 aromatic heterocycles. The van der Waals surface area contributed by atoms with Crippen LogP contribution in [0.5, 0.6) is 0 Å². The van der Waals surface area contributed by atoms with Crippen molar-refractivity contribution in [1.29, 1.82) is 0 Å². The van der Waals surface area contributed by atoms with Gasteiger partial charge >= 0.3 is 0 Å². The van der Waals surface area contributed by atoms with Crippen LogP contribution in [-0.2, 0) is 0 Å². The van der Waals surface area contributed by atoms with E-state index < -0.39 is 0 Å². The third kappa shape index (κ3) is 2.57. The van der Waals surface area contributed by atoms with Crippen LogP contribution >= 0.6 is 0 Å². The van der Waals surface area contributed by atoms with E-state index in [4.69, 9.17) is 5.73 Å². The van der Waals surface area contributed by atoms with Crippen LogP contribution in [0.25, 0.3) is 0 Å². The molecule has 0 aromatic carbocycles. The van der Waals surface area contributed by atoms with Crippen LogP contribution in [0.2, 0.25) is 0 Å². The van der Waals surface area contributed by atoms with Crippen molar-refractivity contribution < 1.29 is 5.11 Å². The average Bonchev–Trinajstić information content (AvgIpc) is 3.16. The molecule has 0 spiro atoms. The van der Waals surface area contributed by atoms with Gasteiger partial charge in [-0.1, -0.05) is 0 Å². The number of aliphatic hydroxyl groups is 1. The molecule has 3 N–H and O–H groups in total. The van der Waals surface area contributed by atoms with E-state index in [1.165, 1.54) is 45.2 Å². The summed E-state index contributed by atoms with van der Waals surface area (Å²) in [6.07, 6.45) is 6.43. The largest absolute Gasteiger partial charge is 0.395 e. The van der Waals surface area contributed by atoms with Gasteiger partial charge in [-0.3, -0.25) is 9.80 Å². The Morgan fingerprint density at radius 1 is 1.11 bits per heavy atom. The van der Waals surface area contributed by atoms with Crippen LogP contribution in [-0.4, -0.2) is 65.8 Å². The number of aliphatic hydroxyl groups excluding tert-OH is 1. The highest BCUT2D eigenvalue weighted by molar-refractivity contribution is 4.95. The topological polar surface area (TPSA) is 52.7 Å². The summed E-state index contributed by atoms with van der Waals surface area (Å²) >= 11 is 0. The van der Waals surface area contributed by atoms with Gasteiger partial charge < -0.3 is 10.8 Å².